The lowest BCUT2D eigenvalue weighted by atomic mass is 10.2. The summed E-state index contributed by atoms with van der Waals surface area (Å²) in [4.78, 5) is 27.7. The van der Waals surface area contributed by atoms with Crippen LogP contribution in [0.3, 0.4) is 0 Å². The summed E-state index contributed by atoms with van der Waals surface area (Å²) in [5, 5.41) is 2.66. The lowest BCUT2D eigenvalue weighted by Gasteiger charge is -2.10. The molecule has 1 aromatic rings. The van der Waals surface area contributed by atoms with Crippen LogP contribution in [0, 0.1) is 0 Å². The van der Waals surface area contributed by atoms with Gasteiger partial charge in [0.15, 0.2) is 6.61 Å². The lowest BCUT2D eigenvalue weighted by molar-refractivity contribution is -0.148. The van der Waals surface area contributed by atoms with Gasteiger partial charge in [0.25, 0.3) is 15.9 Å². The molecule has 2 aliphatic rings. The van der Waals surface area contributed by atoms with Gasteiger partial charge >= 0.3 is 5.97 Å². The highest BCUT2D eigenvalue weighted by Crippen LogP contribution is 2.22. The van der Waals surface area contributed by atoms with Gasteiger partial charge in [-0.2, -0.15) is 0 Å². The largest absolute Gasteiger partial charge is 0.456 e. The van der Waals surface area contributed by atoms with Crippen molar-refractivity contribution in [2.75, 3.05) is 26.3 Å². The maximum atomic E-state index is 12.0. The maximum Gasteiger partial charge on any atom is 0.308 e. The second kappa shape index (κ2) is 8.49. The number of amidine groups is 1. The van der Waals surface area contributed by atoms with Crippen LogP contribution in [-0.4, -0.2) is 58.5 Å². The highest BCUT2D eigenvalue weighted by molar-refractivity contribution is 7.90. The van der Waals surface area contributed by atoms with Crippen LogP contribution < -0.4 is 10.0 Å². The first kappa shape index (κ1) is 19.3. The second-order valence-electron chi connectivity index (χ2n) is 6.18. The molecule has 2 heterocycles. The van der Waals surface area contributed by atoms with Gasteiger partial charge in [0, 0.05) is 18.7 Å². The summed E-state index contributed by atoms with van der Waals surface area (Å²) in [6.45, 7) is 0.794. The van der Waals surface area contributed by atoms with E-state index < -0.39 is 16.0 Å². The fourth-order valence-electron chi connectivity index (χ4n) is 2.81. The number of amides is 1. The number of carbonyl (C=O) groups is 2. The van der Waals surface area contributed by atoms with E-state index in [1.807, 2.05) is 0 Å². The number of nitrogens with one attached hydrogen (secondary N) is 2. The van der Waals surface area contributed by atoms with Gasteiger partial charge in [-0.3, -0.25) is 19.3 Å². The smallest absolute Gasteiger partial charge is 0.308 e. The Kier molecular flexibility index (Phi) is 6.07. The summed E-state index contributed by atoms with van der Waals surface area (Å²) >= 11 is 0. The van der Waals surface area contributed by atoms with Crippen molar-refractivity contribution in [2.45, 2.75) is 30.3 Å². The standard InChI is InChI=1S/C17H21N3O6S/c21-15(19-10-12-4-3-9-25-12)11-26-16(22)7-8-18-17-13-5-1-2-6-14(13)27(23,24)20-17/h1-2,5-6,12H,3-4,7-11H2,(H,18,20)(H,19,21)/t12-/m1/s1. The number of fused-ring (bicyclic) bond motifs is 1. The Labute approximate surface area is 157 Å². The van der Waals surface area contributed by atoms with Crippen molar-refractivity contribution < 1.29 is 27.5 Å². The number of hydrogen-bond donors (Lipinski definition) is 2. The van der Waals surface area contributed by atoms with Crippen molar-refractivity contribution >= 4 is 27.7 Å². The van der Waals surface area contributed by atoms with Crippen LogP contribution >= 0.6 is 0 Å². The zero-order chi connectivity index (χ0) is 19.3. The van der Waals surface area contributed by atoms with E-state index in [9.17, 15) is 18.0 Å². The van der Waals surface area contributed by atoms with Crippen LogP contribution in [0.25, 0.3) is 0 Å². The van der Waals surface area contributed by atoms with Crippen molar-refractivity contribution in [3.8, 4) is 0 Å². The van der Waals surface area contributed by atoms with Crippen LogP contribution in [0.2, 0.25) is 0 Å². The summed E-state index contributed by atoms with van der Waals surface area (Å²) in [6, 6.07) is 6.47. The predicted octanol–water partition coefficient (Wildman–Crippen LogP) is -0.0464. The Balaban J connectivity index is 1.41. The molecule has 1 atom stereocenters. The number of rotatable bonds is 7. The zero-order valence-electron chi connectivity index (χ0n) is 14.6. The summed E-state index contributed by atoms with van der Waals surface area (Å²) in [5.41, 5.74) is 0.472. The third-order valence-corrected chi connectivity index (χ3v) is 5.56. The van der Waals surface area contributed by atoms with E-state index in [0.717, 1.165) is 12.8 Å². The highest BCUT2D eigenvalue weighted by Gasteiger charge is 2.30. The molecule has 27 heavy (non-hydrogen) atoms. The van der Waals surface area contributed by atoms with Crippen molar-refractivity contribution in [1.29, 1.82) is 0 Å². The molecule has 2 aliphatic heterocycles. The summed E-state index contributed by atoms with van der Waals surface area (Å²) < 4.78 is 36.6. The Morgan fingerprint density at radius 3 is 2.93 bits per heavy atom. The number of benzene rings is 1. The molecule has 1 aromatic carbocycles. The summed E-state index contributed by atoms with van der Waals surface area (Å²) in [6.07, 6.45) is 1.86. The van der Waals surface area contributed by atoms with E-state index in [2.05, 4.69) is 15.0 Å². The molecular weight excluding hydrogens is 374 g/mol. The summed E-state index contributed by atoms with van der Waals surface area (Å²) in [7, 11) is -3.60. The quantitative estimate of drug-likeness (QED) is 0.624. The minimum atomic E-state index is -3.60. The van der Waals surface area contributed by atoms with E-state index >= 15 is 0 Å². The normalized spacial score (nSPS) is 21.5. The van der Waals surface area contributed by atoms with Gasteiger partial charge < -0.3 is 14.8 Å². The SMILES string of the molecule is O=C(COC(=O)CCN=C1NS(=O)(=O)c2ccccc21)NC[C@H]1CCCO1. The van der Waals surface area contributed by atoms with Crippen molar-refractivity contribution in [3.63, 3.8) is 0 Å². The fourth-order valence-corrected chi connectivity index (χ4v) is 4.06. The Hall–Kier alpha value is -2.46. The molecule has 146 valence electrons. The first-order chi connectivity index (χ1) is 13.0. The van der Waals surface area contributed by atoms with E-state index in [4.69, 9.17) is 9.47 Å². The number of ether oxygens (including phenoxy) is 2. The molecule has 0 aromatic heterocycles. The zero-order valence-corrected chi connectivity index (χ0v) is 15.5. The van der Waals surface area contributed by atoms with Crippen LogP contribution in [-0.2, 0) is 29.1 Å². The molecule has 1 fully saturated rings. The van der Waals surface area contributed by atoms with Crippen LogP contribution in [0.15, 0.2) is 34.2 Å². The maximum absolute atomic E-state index is 12.0. The summed E-state index contributed by atoms with van der Waals surface area (Å²) in [5.74, 6) is -0.767. The van der Waals surface area contributed by atoms with Gasteiger partial charge in [0.1, 0.15) is 5.84 Å². The highest BCUT2D eigenvalue weighted by atomic mass is 32.2. The molecule has 10 heteroatoms. The fraction of sp³-hybridized carbons (Fsp3) is 0.471. The molecule has 0 spiro atoms. The van der Waals surface area contributed by atoms with Gasteiger partial charge in [-0.15, -0.1) is 0 Å². The number of aliphatic imine (C=N–C) groups is 1. The predicted molar refractivity (Wildman–Crippen MR) is 95.7 cm³/mol. The van der Waals surface area contributed by atoms with E-state index in [0.29, 0.717) is 18.7 Å². The molecule has 0 radical (unpaired) electrons. The van der Waals surface area contributed by atoms with Crippen LogP contribution in [0.1, 0.15) is 24.8 Å². The first-order valence-electron chi connectivity index (χ1n) is 8.66. The van der Waals surface area contributed by atoms with E-state index in [1.165, 1.54) is 6.07 Å². The van der Waals surface area contributed by atoms with Gasteiger partial charge in [-0.25, -0.2) is 8.42 Å². The second-order valence-corrected chi connectivity index (χ2v) is 7.83. The molecular formula is C17H21N3O6S. The third-order valence-electron chi connectivity index (χ3n) is 4.16. The Morgan fingerprint density at radius 2 is 2.15 bits per heavy atom. The molecule has 0 unspecified atom stereocenters. The molecule has 3 rings (SSSR count). The first-order valence-corrected chi connectivity index (χ1v) is 10.1. The van der Waals surface area contributed by atoms with Gasteiger partial charge in [-0.1, -0.05) is 12.1 Å². The molecule has 0 bridgehead atoms. The topological polar surface area (TPSA) is 123 Å². The molecule has 2 N–H and O–H groups in total. The Morgan fingerprint density at radius 1 is 1.33 bits per heavy atom. The number of carbonyl (C=O) groups excluding carboxylic acids is 2. The molecule has 1 amide bonds. The van der Waals surface area contributed by atoms with Crippen molar-refractivity contribution in [2.24, 2.45) is 4.99 Å². The molecule has 0 saturated carbocycles. The monoisotopic (exact) mass is 395 g/mol. The van der Waals surface area contributed by atoms with E-state index in [1.54, 1.807) is 18.2 Å². The minimum absolute atomic E-state index is 0.0264. The Bertz CT molecular complexity index is 846. The van der Waals surface area contributed by atoms with Gasteiger partial charge in [0.2, 0.25) is 0 Å². The van der Waals surface area contributed by atoms with Crippen LogP contribution in [0.4, 0.5) is 0 Å². The average molecular weight is 395 g/mol. The van der Waals surface area contributed by atoms with Crippen molar-refractivity contribution in [1.82, 2.24) is 10.0 Å². The number of nitrogens with zero attached hydrogens (tertiary/aromatic N) is 1. The van der Waals surface area contributed by atoms with Crippen molar-refractivity contribution in [3.05, 3.63) is 29.8 Å². The van der Waals surface area contributed by atoms with Crippen LogP contribution in [0.5, 0.6) is 0 Å². The molecule has 9 nitrogen and oxygen atoms in total. The lowest BCUT2D eigenvalue weighted by Crippen LogP contribution is -2.34. The average Bonchev–Trinajstić information content (AvgIpc) is 3.25. The third kappa shape index (κ3) is 5.04. The number of sulfonamides is 1. The van der Waals surface area contributed by atoms with Gasteiger partial charge in [0.05, 0.1) is 24.0 Å². The molecule has 1 saturated heterocycles. The van der Waals surface area contributed by atoms with E-state index in [-0.39, 0.29) is 42.3 Å². The number of hydrogen-bond acceptors (Lipinski definition) is 7. The van der Waals surface area contributed by atoms with Gasteiger partial charge in [-0.05, 0) is 25.0 Å². The molecule has 0 aliphatic carbocycles. The number of esters is 1. The minimum Gasteiger partial charge on any atom is -0.456 e.